The normalized spacial score (nSPS) is 23.9. The second kappa shape index (κ2) is 3.94. The van der Waals surface area contributed by atoms with Crippen LogP contribution < -0.4 is 5.32 Å². The molecule has 0 spiro atoms. The minimum atomic E-state index is 0.673. The predicted molar refractivity (Wildman–Crippen MR) is 51.4 cm³/mol. The van der Waals surface area contributed by atoms with Gasteiger partial charge in [0.25, 0.3) is 0 Å². The van der Waals surface area contributed by atoms with Crippen molar-refractivity contribution in [3.8, 4) is 0 Å². The molecule has 1 fully saturated rings. The lowest BCUT2D eigenvalue weighted by atomic mass is 10.3. The number of nitrogens with one attached hydrogen (secondary N) is 1. The van der Waals surface area contributed by atoms with E-state index in [1.807, 2.05) is 19.4 Å². The maximum atomic E-state index is 5.04. The molecule has 0 aromatic carbocycles. The zero-order valence-electron chi connectivity index (χ0n) is 7.99. The predicted octanol–water partition coefficient (Wildman–Crippen LogP) is 1.07. The molecule has 1 unspecified atom stereocenters. The summed E-state index contributed by atoms with van der Waals surface area (Å²) in [4.78, 5) is 2.45. The summed E-state index contributed by atoms with van der Waals surface area (Å²) in [5.41, 5.74) is 1.27. The molecule has 3 heteroatoms. The van der Waals surface area contributed by atoms with Gasteiger partial charge in [0.05, 0.1) is 12.5 Å². The maximum absolute atomic E-state index is 5.04. The second-order valence-electron chi connectivity index (χ2n) is 3.64. The van der Waals surface area contributed by atoms with Crippen molar-refractivity contribution in [2.24, 2.45) is 0 Å². The number of furan rings is 1. The zero-order chi connectivity index (χ0) is 9.10. The van der Waals surface area contributed by atoms with Crippen molar-refractivity contribution in [2.75, 3.05) is 20.1 Å². The molecule has 3 nitrogen and oxygen atoms in total. The number of likely N-dealkylation sites (N-methyl/N-ethyl adjacent to an activating group) is 1. The maximum Gasteiger partial charge on any atom is 0.0947 e. The van der Waals surface area contributed by atoms with Crippen LogP contribution >= 0.6 is 0 Å². The average Bonchev–Trinajstić information content (AvgIpc) is 2.76. The summed E-state index contributed by atoms with van der Waals surface area (Å²) in [6.07, 6.45) is 4.82. The fourth-order valence-electron chi connectivity index (χ4n) is 1.85. The molecule has 2 heterocycles. The smallest absolute Gasteiger partial charge is 0.0947 e. The molecule has 0 aliphatic carbocycles. The molecule has 1 N–H and O–H groups in total. The van der Waals surface area contributed by atoms with Crippen molar-refractivity contribution in [1.82, 2.24) is 10.2 Å². The molecule has 1 saturated heterocycles. The van der Waals surface area contributed by atoms with Gasteiger partial charge in [0.1, 0.15) is 0 Å². The van der Waals surface area contributed by atoms with Gasteiger partial charge in [-0.25, -0.2) is 0 Å². The van der Waals surface area contributed by atoms with Gasteiger partial charge in [-0.3, -0.25) is 4.90 Å². The minimum Gasteiger partial charge on any atom is -0.472 e. The van der Waals surface area contributed by atoms with Crippen LogP contribution in [0.4, 0.5) is 0 Å². The Kier molecular flexibility index (Phi) is 2.66. The van der Waals surface area contributed by atoms with Crippen LogP contribution in [0.25, 0.3) is 0 Å². The molecule has 1 aliphatic heterocycles. The summed E-state index contributed by atoms with van der Waals surface area (Å²) in [6, 6.07) is 2.71. The zero-order valence-corrected chi connectivity index (χ0v) is 7.99. The average molecular weight is 180 g/mol. The van der Waals surface area contributed by atoms with Crippen molar-refractivity contribution in [1.29, 1.82) is 0 Å². The van der Waals surface area contributed by atoms with E-state index in [1.54, 1.807) is 6.26 Å². The molecular weight excluding hydrogens is 164 g/mol. The van der Waals surface area contributed by atoms with E-state index in [4.69, 9.17) is 4.42 Å². The number of hydrogen-bond donors (Lipinski definition) is 1. The Morgan fingerprint density at radius 3 is 3.23 bits per heavy atom. The van der Waals surface area contributed by atoms with E-state index in [1.165, 1.54) is 18.5 Å². The van der Waals surface area contributed by atoms with Gasteiger partial charge in [0.2, 0.25) is 0 Å². The lowest BCUT2D eigenvalue weighted by molar-refractivity contribution is 0.321. The molecule has 1 aromatic rings. The molecule has 72 valence electrons. The van der Waals surface area contributed by atoms with Crippen molar-refractivity contribution in [3.63, 3.8) is 0 Å². The molecule has 1 aromatic heterocycles. The number of nitrogens with zero attached hydrogens (tertiary/aromatic N) is 1. The fourth-order valence-corrected chi connectivity index (χ4v) is 1.85. The first-order chi connectivity index (χ1) is 6.38. The SMILES string of the molecule is CNC1CCN(Cc2ccoc2)C1. The Hall–Kier alpha value is -0.800. The van der Waals surface area contributed by atoms with Crippen LogP contribution in [0.5, 0.6) is 0 Å². The van der Waals surface area contributed by atoms with Crippen LogP contribution in [-0.2, 0) is 6.54 Å². The summed E-state index contributed by atoms with van der Waals surface area (Å²) in [5, 5.41) is 3.31. The second-order valence-corrected chi connectivity index (χ2v) is 3.64. The Labute approximate surface area is 78.7 Å². The Morgan fingerprint density at radius 1 is 1.69 bits per heavy atom. The summed E-state index contributed by atoms with van der Waals surface area (Å²) < 4.78 is 5.04. The van der Waals surface area contributed by atoms with Crippen molar-refractivity contribution >= 4 is 0 Å². The fraction of sp³-hybridized carbons (Fsp3) is 0.600. The lowest BCUT2D eigenvalue weighted by Crippen LogP contribution is -2.29. The molecule has 0 amide bonds. The minimum absolute atomic E-state index is 0.673. The van der Waals surface area contributed by atoms with Crippen LogP contribution in [0.1, 0.15) is 12.0 Å². The highest BCUT2D eigenvalue weighted by Crippen LogP contribution is 2.13. The first-order valence-corrected chi connectivity index (χ1v) is 4.79. The number of hydrogen-bond acceptors (Lipinski definition) is 3. The topological polar surface area (TPSA) is 28.4 Å². The molecule has 2 rings (SSSR count). The third-order valence-corrected chi connectivity index (χ3v) is 2.67. The van der Waals surface area contributed by atoms with E-state index < -0.39 is 0 Å². The van der Waals surface area contributed by atoms with Crippen molar-refractivity contribution < 1.29 is 4.42 Å². The van der Waals surface area contributed by atoms with Crippen LogP contribution in [-0.4, -0.2) is 31.1 Å². The monoisotopic (exact) mass is 180 g/mol. The third-order valence-electron chi connectivity index (χ3n) is 2.67. The summed E-state index contributed by atoms with van der Waals surface area (Å²) in [5.74, 6) is 0. The highest BCUT2D eigenvalue weighted by molar-refractivity contribution is 5.05. The molecule has 0 saturated carbocycles. The highest BCUT2D eigenvalue weighted by Gasteiger charge is 2.20. The van der Waals surface area contributed by atoms with Gasteiger partial charge in [-0.1, -0.05) is 0 Å². The standard InChI is InChI=1S/C10H16N2O/c1-11-10-2-4-12(7-10)6-9-3-5-13-8-9/h3,5,8,10-11H,2,4,6-7H2,1H3. The third kappa shape index (κ3) is 2.11. The summed E-state index contributed by atoms with van der Waals surface area (Å²) in [7, 11) is 2.03. The van der Waals surface area contributed by atoms with E-state index in [0.717, 1.165) is 13.1 Å². The van der Waals surface area contributed by atoms with Crippen LogP contribution in [0, 0.1) is 0 Å². The van der Waals surface area contributed by atoms with Gasteiger partial charge in [-0.15, -0.1) is 0 Å². The van der Waals surface area contributed by atoms with Crippen LogP contribution in [0.3, 0.4) is 0 Å². The summed E-state index contributed by atoms with van der Waals surface area (Å²) >= 11 is 0. The van der Waals surface area contributed by atoms with Crippen LogP contribution in [0.15, 0.2) is 23.0 Å². The Balaban J connectivity index is 1.84. The molecular formula is C10H16N2O. The first-order valence-electron chi connectivity index (χ1n) is 4.79. The molecule has 1 atom stereocenters. The molecule has 0 radical (unpaired) electrons. The molecule has 13 heavy (non-hydrogen) atoms. The van der Waals surface area contributed by atoms with Gasteiger partial charge >= 0.3 is 0 Å². The Bertz CT molecular complexity index is 245. The summed E-state index contributed by atoms with van der Waals surface area (Å²) in [6.45, 7) is 3.37. The first kappa shape index (κ1) is 8.78. The van der Waals surface area contributed by atoms with Crippen LogP contribution in [0.2, 0.25) is 0 Å². The van der Waals surface area contributed by atoms with E-state index in [2.05, 4.69) is 10.2 Å². The molecule has 1 aliphatic rings. The van der Waals surface area contributed by atoms with E-state index >= 15 is 0 Å². The highest BCUT2D eigenvalue weighted by atomic mass is 16.3. The number of rotatable bonds is 3. The largest absolute Gasteiger partial charge is 0.472 e. The van der Waals surface area contributed by atoms with Gasteiger partial charge in [-0.2, -0.15) is 0 Å². The number of likely N-dealkylation sites (tertiary alicyclic amines) is 1. The van der Waals surface area contributed by atoms with E-state index in [9.17, 15) is 0 Å². The Morgan fingerprint density at radius 2 is 2.62 bits per heavy atom. The van der Waals surface area contributed by atoms with Crippen molar-refractivity contribution in [2.45, 2.75) is 19.0 Å². The quantitative estimate of drug-likeness (QED) is 0.754. The molecule has 0 bridgehead atoms. The van der Waals surface area contributed by atoms with E-state index in [0.29, 0.717) is 6.04 Å². The van der Waals surface area contributed by atoms with Gasteiger partial charge in [0, 0.05) is 31.2 Å². The van der Waals surface area contributed by atoms with Crippen molar-refractivity contribution in [3.05, 3.63) is 24.2 Å². The van der Waals surface area contributed by atoms with E-state index in [-0.39, 0.29) is 0 Å². The van der Waals surface area contributed by atoms with Gasteiger partial charge in [0.15, 0.2) is 0 Å². The van der Waals surface area contributed by atoms with Gasteiger partial charge in [-0.05, 0) is 19.5 Å². The lowest BCUT2D eigenvalue weighted by Gasteiger charge is -2.14. The van der Waals surface area contributed by atoms with Gasteiger partial charge < -0.3 is 9.73 Å².